The van der Waals surface area contributed by atoms with Crippen molar-refractivity contribution in [3.05, 3.63) is 58.1 Å². The van der Waals surface area contributed by atoms with Gasteiger partial charge in [-0.2, -0.15) is 0 Å². The Kier molecular flexibility index (Phi) is 6.52. The van der Waals surface area contributed by atoms with E-state index in [1.54, 1.807) is 19.2 Å². The average molecular weight is 420 g/mol. The standard InChI is InChI=1S/C20H22BrNO4/c1-24-19-11-14(4-9-18(19)26-13-17-3-2-10-25-17)12-22-20(23)15-5-7-16(21)8-6-15/h4-9,11,17H,2-3,10,12-13H2,1H3,(H,22,23). The van der Waals surface area contributed by atoms with E-state index in [1.165, 1.54) is 0 Å². The topological polar surface area (TPSA) is 56.8 Å². The Balaban J connectivity index is 1.57. The van der Waals surface area contributed by atoms with Crippen LogP contribution in [0, 0.1) is 0 Å². The van der Waals surface area contributed by atoms with Crippen molar-refractivity contribution in [1.82, 2.24) is 5.32 Å². The molecule has 2 aromatic rings. The second kappa shape index (κ2) is 9.05. The third-order valence-electron chi connectivity index (χ3n) is 4.24. The molecule has 1 saturated heterocycles. The zero-order valence-corrected chi connectivity index (χ0v) is 16.3. The second-order valence-corrected chi connectivity index (χ2v) is 7.04. The van der Waals surface area contributed by atoms with Crippen LogP contribution in [0.4, 0.5) is 0 Å². The Labute approximate surface area is 161 Å². The molecule has 1 aliphatic heterocycles. The Morgan fingerprint density at radius 1 is 1.23 bits per heavy atom. The first-order valence-corrected chi connectivity index (χ1v) is 9.40. The number of benzene rings is 2. The molecule has 0 radical (unpaired) electrons. The van der Waals surface area contributed by atoms with E-state index < -0.39 is 0 Å². The maximum Gasteiger partial charge on any atom is 0.251 e. The first-order valence-electron chi connectivity index (χ1n) is 8.61. The molecule has 0 spiro atoms. The van der Waals surface area contributed by atoms with Crippen molar-refractivity contribution in [3.8, 4) is 11.5 Å². The number of carbonyl (C=O) groups is 1. The molecule has 1 N–H and O–H groups in total. The normalized spacial score (nSPS) is 16.3. The highest BCUT2D eigenvalue weighted by Gasteiger charge is 2.17. The summed E-state index contributed by atoms with van der Waals surface area (Å²) in [6.07, 6.45) is 2.27. The van der Waals surface area contributed by atoms with Gasteiger partial charge in [-0.25, -0.2) is 0 Å². The van der Waals surface area contributed by atoms with E-state index in [0.29, 0.717) is 30.2 Å². The molecule has 6 heteroatoms. The van der Waals surface area contributed by atoms with E-state index in [-0.39, 0.29) is 12.0 Å². The van der Waals surface area contributed by atoms with Crippen molar-refractivity contribution < 1.29 is 19.0 Å². The summed E-state index contributed by atoms with van der Waals surface area (Å²) in [5.41, 5.74) is 1.56. The number of ether oxygens (including phenoxy) is 3. The number of nitrogens with one attached hydrogen (secondary N) is 1. The maximum atomic E-state index is 12.2. The Hall–Kier alpha value is -2.05. The predicted molar refractivity (Wildman–Crippen MR) is 103 cm³/mol. The molecule has 1 aliphatic rings. The maximum absolute atomic E-state index is 12.2. The van der Waals surface area contributed by atoms with Gasteiger partial charge >= 0.3 is 0 Å². The highest BCUT2D eigenvalue weighted by atomic mass is 79.9. The van der Waals surface area contributed by atoms with Crippen molar-refractivity contribution in [1.29, 1.82) is 0 Å². The number of amides is 1. The number of methoxy groups -OCH3 is 1. The fourth-order valence-corrected chi connectivity index (χ4v) is 3.05. The van der Waals surface area contributed by atoms with Crippen molar-refractivity contribution >= 4 is 21.8 Å². The van der Waals surface area contributed by atoms with Crippen LogP contribution in [-0.4, -0.2) is 32.3 Å². The molecule has 0 aromatic heterocycles. The summed E-state index contributed by atoms with van der Waals surface area (Å²) in [7, 11) is 1.61. The third-order valence-corrected chi connectivity index (χ3v) is 4.76. The molecule has 26 heavy (non-hydrogen) atoms. The first kappa shape index (κ1) is 18.7. The van der Waals surface area contributed by atoms with Gasteiger partial charge in [-0.15, -0.1) is 0 Å². The van der Waals surface area contributed by atoms with E-state index in [1.807, 2.05) is 30.3 Å². The zero-order valence-electron chi connectivity index (χ0n) is 14.7. The van der Waals surface area contributed by atoms with Crippen LogP contribution in [0.15, 0.2) is 46.9 Å². The minimum Gasteiger partial charge on any atom is -0.493 e. The van der Waals surface area contributed by atoms with Crippen molar-refractivity contribution in [2.24, 2.45) is 0 Å². The zero-order chi connectivity index (χ0) is 18.4. The Morgan fingerprint density at radius 2 is 2.04 bits per heavy atom. The van der Waals surface area contributed by atoms with Gasteiger partial charge in [0.25, 0.3) is 5.91 Å². The molecule has 1 heterocycles. The quantitative estimate of drug-likeness (QED) is 0.737. The molecule has 1 unspecified atom stereocenters. The van der Waals surface area contributed by atoms with Crippen LogP contribution >= 0.6 is 15.9 Å². The summed E-state index contributed by atoms with van der Waals surface area (Å²) in [6.45, 7) is 1.75. The van der Waals surface area contributed by atoms with Gasteiger partial charge in [0.05, 0.1) is 13.2 Å². The average Bonchev–Trinajstić information content (AvgIpc) is 3.19. The van der Waals surface area contributed by atoms with Gasteiger partial charge in [0.1, 0.15) is 6.61 Å². The van der Waals surface area contributed by atoms with E-state index in [4.69, 9.17) is 14.2 Å². The summed E-state index contributed by atoms with van der Waals surface area (Å²) < 4.78 is 17.8. The van der Waals surface area contributed by atoms with Crippen LogP contribution in [0.25, 0.3) is 0 Å². The Morgan fingerprint density at radius 3 is 2.73 bits per heavy atom. The second-order valence-electron chi connectivity index (χ2n) is 6.12. The van der Waals surface area contributed by atoms with E-state index in [0.717, 1.165) is 29.5 Å². The van der Waals surface area contributed by atoms with E-state index >= 15 is 0 Å². The molecule has 1 fully saturated rings. The summed E-state index contributed by atoms with van der Waals surface area (Å²) in [4.78, 5) is 12.2. The van der Waals surface area contributed by atoms with Gasteiger partial charge in [0, 0.05) is 23.2 Å². The number of hydrogen-bond donors (Lipinski definition) is 1. The van der Waals surface area contributed by atoms with Gasteiger partial charge in [0.2, 0.25) is 0 Å². The lowest BCUT2D eigenvalue weighted by Crippen LogP contribution is -2.22. The molecule has 3 rings (SSSR count). The summed E-state index contributed by atoms with van der Waals surface area (Å²) >= 11 is 3.36. The van der Waals surface area contributed by atoms with Crippen molar-refractivity contribution in [3.63, 3.8) is 0 Å². The van der Waals surface area contributed by atoms with Gasteiger partial charge in [-0.3, -0.25) is 4.79 Å². The van der Waals surface area contributed by atoms with Crippen LogP contribution in [0.5, 0.6) is 11.5 Å². The fourth-order valence-electron chi connectivity index (χ4n) is 2.79. The molecule has 0 aliphatic carbocycles. The van der Waals surface area contributed by atoms with Crippen molar-refractivity contribution in [2.45, 2.75) is 25.5 Å². The summed E-state index contributed by atoms with van der Waals surface area (Å²) in [6, 6.07) is 12.9. The molecular formula is C20H22BrNO4. The minimum atomic E-state index is -0.116. The molecule has 2 aromatic carbocycles. The predicted octanol–water partition coefficient (Wildman–Crippen LogP) is 3.95. The van der Waals surface area contributed by atoms with Crippen molar-refractivity contribution in [2.75, 3.05) is 20.3 Å². The molecule has 0 saturated carbocycles. The van der Waals surface area contributed by atoms with Gasteiger partial charge < -0.3 is 19.5 Å². The lowest BCUT2D eigenvalue weighted by Gasteiger charge is -2.15. The highest BCUT2D eigenvalue weighted by molar-refractivity contribution is 9.10. The van der Waals surface area contributed by atoms with E-state index in [2.05, 4.69) is 21.2 Å². The largest absolute Gasteiger partial charge is 0.493 e. The number of carbonyl (C=O) groups excluding carboxylic acids is 1. The number of rotatable bonds is 7. The van der Waals surface area contributed by atoms with Crippen LogP contribution in [0.2, 0.25) is 0 Å². The Bertz CT molecular complexity index is 742. The molecule has 5 nitrogen and oxygen atoms in total. The highest BCUT2D eigenvalue weighted by Crippen LogP contribution is 2.29. The van der Waals surface area contributed by atoms with Crippen LogP contribution in [-0.2, 0) is 11.3 Å². The number of hydrogen-bond acceptors (Lipinski definition) is 4. The van der Waals surface area contributed by atoms with Crippen LogP contribution in [0.3, 0.4) is 0 Å². The molecule has 0 bridgehead atoms. The summed E-state index contributed by atoms with van der Waals surface area (Å²) in [5, 5.41) is 2.91. The summed E-state index contributed by atoms with van der Waals surface area (Å²) in [5.74, 6) is 1.22. The van der Waals surface area contributed by atoms with Gasteiger partial charge in [-0.1, -0.05) is 22.0 Å². The first-order chi connectivity index (χ1) is 12.7. The van der Waals surface area contributed by atoms with Crippen LogP contribution in [0.1, 0.15) is 28.8 Å². The molecule has 1 amide bonds. The molecule has 138 valence electrons. The van der Waals surface area contributed by atoms with Crippen LogP contribution < -0.4 is 14.8 Å². The molecular weight excluding hydrogens is 398 g/mol. The van der Waals surface area contributed by atoms with E-state index in [9.17, 15) is 4.79 Å². The molecule has 1 atom stereocenters. The smallest absolute Gasteiger partial charge is 0.251 e. The minimum absolute atomic E-state index is 0.116. The van der Waals surface area contributed by atoms with Gasteiger partial charge in [-0.05, 0) is 54.8 Å². The lowest BCUT2D eigenvalue weighted by atomic mass is 10.1. The fraction of sp³-hybridized carbons (Fsp3) is 0.350. The van der Waals surface area contributed by atoms with Gasteiger partial charge in [0.15, 0.2) is 11.5 Å². The number of halogens is 1. The SMILES string of the molecule is COc1cc(CNC(=O)c2ccc(Br)cc2)ccc1OCC1CCCO1. The monoisotopic (exact) mass is 419 g/mol. The lowest BCUT2D eigenvalue weighted by molar-refractivity contribution is 0.0669. The third kappa shape index (κ3) is 4.99.